The van der Waals surface area contributed by atoms with Crippen molar-refractivity contribution in [3.8, 4) is 0 Å². The molecule has 6 heteroatoms. The summed E-state index contributed by atoms with van der Waals surface area (Å²) in [4.78, 5) is 19.2. The van der Waals surface area contributed by atoms with Crippen LogP contribution in [-0.4, -0.2) is 27.3 Å². The van der Waals surface area contributed by atoms with Crippen molar-refractivity contribution in [3.63, 3.8) is 0 Å². The van der Waals surface area contributed by atoms with E-state index in [1.54, 1.807) is 4.90 Å². The van der Waals surface area contributed by atoms with Crippen molar-refractivity contribution in [1.29, 1.82) is 0 Å². The third-order valence-electron chi connectivity index (χ3n) is 4.29. The summed E-state index contributed by atoms with van der Waals surface area (Å²) in [5.74, 6) is 0.0974. The molecule has 2 heterocycles. The number of aromatic nitrogens is 2. The molecule has 4 nitrogen and oxygen atoms in total. The molecule has 0 saturated carbocycles. The number of imidazole rings is 1. The van der Waals surface area contributed by atoms with Crippen LogP contribution in [0.2, 0.25) is 5.02 Å². The predicted octanol–water partition coefficient (Wildman–Crippen LogP) is 4.12. The molecular weight excluding hydrogens is 342 g/mol. The van der Waals surface area contributed by atoms with E-state index in [0.717, 1.165) is 28.3 Å². The summed E-state index contributed by atoms with van der Waals surface area (Å²) in [5.41, 5.74) is 2.82. The average Bonchev–Trinajstić information content (AvgIpc) is 3.10. The van der Waals surface area contributed by atoms with Crippen molar-refractivity contribution in [2.24, 2.45) is 7.05 Å². The van der Waals surface area contributed by atoms with Crippen LogP contribution in [0.5, 0.6) is 0 Å². The maximum absolute atomic E-state index is 12.8. The standard InChI is InChI=1S/C18H16ClN3OS/c1-21-15-9-5-3-7-13(15)20-18(21)24-16-10-11-22(17(16)23)14-8-4-2-6-12(14)19/h2-9,16H,10-11H2,1H3. The van der Waals surface area contributed by atoms with E-state index in [-0.39, 0.29) is 11.2 Å². The summed E-state index contributed by atoms with van der Waals surface area (Å²) in [7, 11) is 1.99. The van der Waals surface area contributed by atoms with Crippen molar-refractivity contribution in [3.05, 3.63) is 53.6 Å². The van der Waals surface area contributed by atoms with Gasteiger partial charge < -0.3 is 9.47 Å². The lowest BCUT2D eigenvalue weighted by Gasteiger charge is -2.17. The molecule has 24 heavy (non-hydrogen) atoms. The van der Waals surface area contributed by atoms with E-state index in [1.165, 1.54) is 11.8 Å². The molecule has 1 aromatic heterocycles. The number of para-hydroxylation sites is 3. The van der Waals surface area contributed by atoms with Gasteiger partial charge in [0.05, 0.1) is 27.0 Å². The summed E-state index contributed by atoms with van der Waals surface area (Å²) >= 11 is 7.77. The first-order valence-electron chi connectivity index (χ1n) is 7.79. The van der Waals surface area contributed by atoms with E-state index in [9.17, 15) is 4.79 Å². The van der Waals surface area contributed by atoms with Gasteiger partial charge in [-0.25, -0.2) is 4.98 Å². The number of anilines is 1. The van der Waals surface area contributed by atoms with Crippen molar-refractivity contribution in [2.45, 2.75) is 16.8 Å². The van der Waals surface area contributed by atoms with Crippen LogP contribution in [0, 0.1) is 0 Å². The Morgan fingerprint density at radius 3 is 2.71 bits per heavy atom. The lowest BCUT2D eigenvalue weighted by atomic mass is 10.3. The number of carbonyl (C=O) groups excluding carboxylic acids is 1. The van der Waals surface area contributed by atoms with Crippen molar-refractivity contribution in [2.75, 3.05) is 11.4 Å². The highest BCUT2D eigenvalue weighted by molar-refractivity contribution is 8.00. The lowest BCUT2D eigenvalue weighted by molar-refractivity contribution is -0.116. The molecular formula is C18H16ClN3OS. The number of carbonyl (C=O) groups is 1. The first kappa shape index (κ1) is 15.5. The van der Waals surface area contributed by atoms with Gasteiger partial charge in [-0.1, -0.05) is 47.6 Å². The molecule has 4 rings (SSSR count). The van der Waals surface area contributed by atoms with Crippen LogP contribution in [0.15, 0.2) is 53.7 Å². The Hall–Kier alpha value is -1.98. The van der Waals surface area contributed by atoms with E-state index in [2.05, 4.69) is 4.98 Å². The quantitative estimate of drug-likeness (QED) is 0.707. The average molecular weight is 358 g/mol. The van der Waals surface area contributed by atoms with Gasteiger partial charge in [0.2, 0.25) is 5.91 Å². The zero-order chi connectivity index (χ0) is 16.7. The third kappa shape index (κ3) is 2.58. The van der Waals surface area contributed by atoms with Gasteiger partial charge in [-0.3, -0.25) is 4.79 Å². The number of halogens is 1. The van der Waals surface area contributed by atoms with E-state index in [4.69, 9.17) is 11.6 Å². The molecule has 0 spiro atoms. The fourth-order valence-corrected chi connectivity index (χ4v) is 4.38. The summed E-state index contributed by atoms with van der Waals surface area (Å²) < 4.78 is 2.05. The molecule has 1 unspecified atom stereocenters. The van der Waals surface area contributed by atoms with Gasteiger partial charge in [0.15, 0.2) is 5.16 Å². The van der Waals surface area contributed by atoms with Crippen molar-refractivity contribution >= 4 is 46.0 Å². The van der Waals surface area contributed by atoms with Gasteiger partial charge in [-0.05, 0) is 30.7 Å². The molecule has 1 saturated heterocycles. The Morgan fingerprint density at radius 2 is 1.92 bits per heavy atom. The number of hydrogen-bond acceptors (Lipinski definition) is 3. The van der Waals surface area contributed by atoms with Crippen LogP contribution in [-0.2, 0) is 11.8 Å². The van der Waals surface area contributed by atoms with Crippen LogP contribution in [0.25, 0.3) is 11.0 Å². The van der Waals surface area contributed by atoms with Crippen molar-refractivity contribution in [1.82, 2.24) is 9.55 Å². The maximum atomic E-state index is 12.8. The first-order valence-corrected chi connectivity index (χ1v) is 9.05. The van der Waals surface area contributed by atoms with Crippen LogP contribution >= 0.6 is 23.4 Å². The number of thioether (sulfide) groups is 1. The van der Waals surface area contributed by atoms with E-state index in [1.807, 2.05) is 60.1 Å². The normalized spacial score (nSPS) is 17.8. The number of amides is 1. The predicted molar refractivity (Wildman–Crippen MR) is 98.8 cm³/mol. The highest BCUT2D eigenvalue weighted by Gasteiger charge is 2.35. The molecule has 0 bridgehead atoms. The highest BCUT2D eigenvalue weighted by atomic mass is 35.5. The Morgan fingerprint density at radius 1 is 1.17 bits per heavy atom. The molecule has 0 aliphatic carbocycles. The summed E-state index contributed by atoms with van der Waals surface area (Å²) in [5, 5.41) is 1.35. The van der Waals surface area contributed by atoms with Crippen LogP contribution < -0.4 is 4.90 Å². The maximum Gasteiger partial charge on any atom is 0.240 e. The third-order valence-corrected chi connectivity index (χ3v) is 5.91. The molecule has 3 aromatic rings. The fraction of sp³-hybridized carbons (Fsp3) is 0.222. The smallest absolute Gasteiger partial charge is 0.240 e. The number of aryl methyl sites for hydroxylation is 1. The summed E-state index contributed by atoms with van der Waals surface area (Å²) in [6.45, 7) is 0.685. The zero-order valence-electron chi connectivity index (χ0n) is 13.1. The summed E-state index contributed by atoms with van der Waals surface area (Å²) in [6, 6.07) is 15.5. The minimum absolute atomic E-state index is 0.0974. The van der Waals surface area contributed by atoms with Gasteiger partial charge >= 0.3 is 0 Å². The Balaban J connectivity index is 1.59. The molecule has 1 aliphatic heterocycles. The molecule has 0 radical (unpaired) electrons. The molecule has 2 aromatic carbocycles. The van der Waals surface area contributed by atoms with Crippen LogP contribution in [0.4, 0.5) is 5.69 Å². The van der Waals surface area contributed by atoms with Gasteiger partial charge in [0.1, 0.15) is 0 Å². The lowest BCUT2D eigenvalue weighted by Crippen LogP contribution is -2.28. The Kier molecular flexibility index (Phi) is 3.98. The first-order chi connectivity index (χ1) is 11.6. The second kappa shape index (κ2) is 6.15. The minimum atomic E-state index is -0.128. The zero-order valence-corrected chi connectivity index (χ0v) is 14.7. The largest absolute Gasteiger partial charge is 0.322 e. The Bertz CT molecular complexity index is 924. The summed E-state index contributed by atoms with van der Waals surface area (Å²) in [6.07, 6.45) is 0.790. The van der Waals surface area contributed by atoms with E-state index < -0.39 is 0 Å². The Labute approximate surface area is 149 Å². The van der Waals surface area contributed by atoms with Crippen molar-refractivity contribution < 1.29 is 4.79 Å². The second-order valence-electron chi connectivity index (χ2n) is 5.78. The van der Waals surface area contributed by atoms with Crippen LogP contribution in [0.1, 0.15) is 6.42 Å². The van der Waals surface area contributed by atoms with Gasteiger partial charge in [-0.15, -0.1) is 0 Å². The molecule has 0 N–H and O–H groups in total. The number of hydrogen-bond donors (Lipinski definition) is 0. The minimum Gasteiger partial charge on any atom is -0.322 e. The van der Waals surface area contributed by atoms with Gasteiger partial charge in [0.25, 0.3) is 0 Å². The monoisotopic (exact) mass is 357 g/mol. The molecule has 1 fully saturated rings. The topological polar surface area (TPSA) is 38.1 Å². The number of nitrogens with zero attached hydrogens (tertiary/aromatic N) is 3. The molecule has 1 amide bonds. The second-order valence-corrected chi connectivity index (χ2v) is 7.36. The van der Waals surface area contributed by atoms with E-state index in [0.29, 0.717) is 11.6 Å². The van der Waals surface area contributed by atoms with Crippen LogP contribution in [0.3, 0.4) is 0 Å². The molecule has 1 atom stereocenters. The number of benzene rings is 2. The molecule has 1 aliphatic rings. The van der Waals surface area contributed by atoms with Gasteiger partial charge in [-0.2, -0.15) is 0 Å². The molecule has 122 valence electrons. The van der Waals surface area contributed by atoms with E-state index >= 15 is 0 Å². The van der Waals surface area contributed by atoms with Gasteiger partial charge in [0, 0.05) is 13.6 Å². The number of rotatable bonds is 3. The highest BCUT2D eigenvalue weighted by Crippen LogP contribution is 2.36. The SMILES string of the molecule is Cn1c(SC2CCN(c3ccccc3Cl)C2=O)nc2ccccc21. The fourth-order valence-electron chi connectivity index (χ4n) is 3.03. The number of fused-ring (bicyclic) bond motifs is 1.